The summed E-state index contributed by atoms with van der Waals surface area (Å²) in [6.07, 6.45) is 4.96. The van der Waals surface area contributed by atoms with Gasteiger partial charge in [-0.25, -0.2) is 5.84 Å². The highest BCUT2D eigenvalue weighted by Crippen LogP contribution is 2.12. The highest BCUT2D eigenvalue weighted by atomic mass is 16.2. The minimum atomic E-state index is -0.0816. The van der Waals surface area contributed by atoms with E-state index in [9.17, 15) is 4.79 Å². The van der Waals surface area contributed by atoms with Gasteiger partial charge >= 0.3 is 0 Å². The molecule has 1 aliphatic heterocycles. The Hall–Kier alpha value is -0.610. The third-order valence-electron chi connectivity index (χ3n) is 2.71. The molecule has 1 atom stereocenters. The molecule has 0 radical (unpaired) electrons. The van der Waals surface area contributed by atoms with E-state index in [2.05, 4.69) is 10.3 Å². The molecule has 1 amide bonds. The maximum atomic E-state index is 11.2. The molecule has 1 saturated heterocycles. The van der Waals surface area contributed by atoms with E-state index in [1.165, 1.54) is 25.7 Å². The summed E-state index contributed by atoms with van der Waals surface area (Å²) >= 11 is 0. The fraction of sp³-hybridized carbons (Fsp3) is 0.889. The van der Waals surface area contributed by atoms with Crippen molar-refractivity contribution in [1.82, 2.24) is 10.3 Å². The van der Waals surface area contributed by atoms with Crippen LogP contribution in [0.4, 0.5) is 0 Å². The van der Waals surface area contributed by atoms with E-state index in [1.54, 1.807) is 0 Å². The summed E-state index contributed by atoms with van der Waals surface area (Å²) < 4.78 is 0. The van der Waals surface area contributed by atoms with Crippen molar-refractivity contribution in [3.05, 3.63) is 0 Å². The number of nitrogens with one attached hydrogen (secondary N) is 1. The van der Waals surface area contributed by atoms with Gasteiger partial charge in [0.15, 0.2) is 0 Å². The number of carbonyl (C=O) groups is 1. The van der Waals surface area contributed by atoms with Crippen molar-refractivity contribution in [2.75, 3.05) is 13.1 Å². The first-order valence-electron chi connectivity index (χ1n) is 5.00. The lowest BCUT2D eigenvalue weighted by Crippen LogP contribution is -2.47. The van der Waals surface area contributed by atoms with Crippen molar-refractivity contribution in [2.24, 2.45) is 5.84 Å². The van der Waals surface area contributed by atoms with E-state index in [1.807, 2.05) is 6.92 Å². The molecule has 1 fully saturated rings. The van der Waals surface area contributed by atoms with Crippen molar-refractivity contribution in [3.8, 4) is 0 Å². The lowest BCUT2D eigenvalue weighted by Gasteiger charge is -2.25. The summed E-state index contributed by atoms with van der Waals surface area (Å²) in [4.78, 5) is 13.4. The van der Waals surface area contributed by atoms with Gasteiger partial charge in [0.25, 0.3) is 5.91 Å². The molecule has 3 N–H and O–H groups in total. The molecule has 0 spiro atoms. The predicted octanol–water partition coefficient (Wildman–Crippen LogP) is 0.241. The van der Waals surface area contributed by atoms with Crippen LogP contribution in [0.15, 0.2) is 0 Å². The zero-order valence-electron chi connectivity index (χ0n) is 8.25. The minimum absolute atomic E-state index is 0.0805. The van der Waals surface area contributed by atoms with Gasteiger partial charge in [-0.15, -0.1) is 0 Å². The standard InChI is InChI=1S/C9H19N3O/c1-8(9(13)11-10)12-6-4-2-3-5-7-12/h8H,2-7,10H2,1H3,(H,11,13). The number of nitrogens with zero attached hydrogens (tertiary/aromatic N) is 1. The molecule has 4 nitrogen and oxygen atoms in total. The Morgan fingerprint density at radius 1 is 1.31 bits per heavy atom. The molecule has 0 bridgehead atoms. The van der Waals surface area contributed by atoms with Crippen molar-refractivity contribution in [1.29, 1.82) is 0 Å². The first-order chi connectivity index (χ1) is 6.25. The Bertz CT molecular complexity index is 164. The number of likely N-dealkylation sites (tertiary alicyclic amines) is 1. The van der Waals surface area contributed by atoms with Crippen LogP contribution in [0.25, 0.3) is 0 Å². The second-order valence-electron chi connectivity index (χ2n) is 3.63. The number of nitrogens with two attached hydrogens (primary N) is 1. The average molecular weight is 185 g/mol. The molecule has 13 heavy (non-hydrogen) atoms. The lowest BCUT2D eigenvalue weighted by molar-refractivity contribution is -0.125. The Labute approximate surface area is 79.4 Å². The Morgan fingerprint density at radius 2 is 1.85 bits per heavy atom. The van der Waals surface area contributed by atoms with Crippen LogP contribution >= 0.6 is 0 Å². The van der Waals surface area contributed by atoms with Crippen LogP contribution < -0.4 is 11.3 Å². The summed E-state index contributed by atoms with van der Waals surface area (Å²) in [6, 6.07) is -0.0805. The fourth-order valence-electron chi connectivity index (χ4n) is 1.77. The maximum Gasteiger partial charge on any atom is 0.250 e. The second kappa shape index (κ2) is 5.19. The number of rotatable bonds is 2. The highest BCUT2D eigenvalue weighted by Gasteiger charge is 2.20. The van der Waals surface area contributed by atoms with E-state index in [0.29, 0.717) is 0 Å². The Kier molecular flexibility index (Phi) is 4.18. The molecule has 1 heterocycles. The van der Waals surface area contributed by atoms with Crippen LogP contribution in [-0.4, -0.2) is 29.9 Å². The van der Waals surface area contributed by atoms with Crippen molar-refractivity contribution in [3.63, 3.8) is 0 Å². The van der Waals surface area contributed by atoms with Gasteiger partial charge in [-0.05, 0) is 32.9 Å². The molecular weight excluding hydrogens is 166 g/mol. The Morgan fingerprint density at radius 3 is 2.31 bits per heavy atom. The number of amides is 1. The summed E-state index contributed by atoms with van der Waals surface area (Å²) in [5.74, 6) is 5.01. The second-order valence-corrected chi connectivity index (χ2v) is 3.63. The van der Waals surface area contributed by atoms with Gasteiger partial charge in [0, 0.05) is 0 Å². The van der Waals surface area contributed by atoms with E-state index in [4.69, 9.17) is 5.84 Å². The molecule has 76 valence electrons. The predicted molar refractivity (Wildman–Crippen MR) is 51.8 cm³/mol. The SMILES string of the molecule is CC(C(=O)NN)N1CCCCCC1. The maximum absolute atomic E-state index is 11.2. The van der Waals surface area contributed by atoms with Crippen LogP contribution in [0.5, 0.6) is 0 Å². The highest BCUT2D eigenvalue weighted by molar-refractivity contribution is 5.80. The van der Waals surface area contributed by atoms with Gasteiger partial charge in [0.05, 0.1) is 6.04 Å². The number of hydrogen-bond donors (Lipinski definition) is 2. The molecular formula is C9H19N3O. The van der Waals surface area contributed by atoms with E-state index in [-0.39, 0.29) is 11.9 Å². The quantitative estimate of drug-likeness (QED) is 0.368. The number of carbonyl (C=O) groups excluding carboxylic acids is 1. The topological polar surface area (TPSA) is 58.4 Å². The minimum Gasteiger partial charge on any atom is -0.293 e. The zero-order chi connectivity index (χ0) is 9.68. The molecule has 4 heteroatoms. The third-order valence-corrected chi connectivity index (χ3v) is 2.71. The van der Waals surface area contributed by atoms with E-state index in [0.717, 1.165) is 13.1 Å². The smallest absolute Gasteiger partial charge is 0.250 e. The van der Waals surface area contributed by atoms with Gasteiger partial charge in [-0.1, -0.05) is 12.8 Å². The van der Waals surface area contributed by atoms with E-state index >= 15 is 0 Å². The van der Waals surface area contributed by atoms with Crippen LogP contribution in [0.3, 0.4) is 0 Å². The summed E-state index contributed by atoms with van der Waals surface area (Å²) in [7, 11) is 0. The average Bonchev–Trinajstić information content (AvgIpc) is 2.43. The fourth-order valence-corrected chi connectivity index (χ4v) is 1.77. The van der Waals surface area contributed by atoms with Crippen LogP contribution in [-0.2, 0) is 4.79 Å². The van der Waals surface area contributed by atoms with Crippen molar-refractivity contribution >= 4 is 5.91 Å². The zero-order valence-corrected chi connectivity index (χ0v) is 8.25. The molecule has 0 aromatic heterocycles. The molecule has 0 aromatic rings. The van der Waals surface area contributed by atoms with Gasteiger partial charge in [-0.3, -0.25) is 15.1 Å². The van der Waals surface area contributed by atoms with Gasteiger partial charge < -0.3 is 0 Å². The summed E-state index contributed by atoms with van der Waals surface area (Å²) in [5, 5.41) is 0. The molecule has 1 aliphatic rings. The number of hydrogen-bond acceptors (Lipinski definition) is 3. The van der Waals surface area contributed by atoms with Crippen LogP contribution in [0, 0.1) is 0 Å². The van der Waals surface area contributed by atoms with E-state index < -0.39 is 0 Å². The molecule has 0 aromatic carbocycles. The third kappa shape index (κ3) is 2.97. The summed E-state index contributed by atoms with van der Waals surface area (Å²) in [5.41, 5.74) is 2.20. The monoisotopic (exact) mass is 185 g/mol. The normalized spacial score (nSPS) is 22.0. The molecule has 0 saturated carbocycles. The molecule has 1 unspecified atom stereocenters. The number of hydrazine groups is 1. The molecule has 0 aliphatic carbocycles. The van der Waals surface area contributed by atoms with Crippen LogP contribution in [0.1, 0.15) is 32.6 Å². The summed E-state index contributed by atoms with van der Waals surface area (Å²) in [6.45, 7) is 3.96. The molecule has 1 rings (SSSR count). The largest absolute Gasteiger partial charge is 0.293 e. The van der Waals surface area contributed by atoms with Crippen molar-refractivity contribution < 1.29 is 4.79 Å². The first kappa shape index (κ1) is 10.5. The van der Waals surface area contributed by atoms with Crippen molar-refractivity contribution in [2.45, 2.75) is 38.6 Å². The van der Waals surface area contributed by atoms with Gasteiger partial charge in [-0.2, -0.15) is 0 Å². The lowest BCUT2D eigenvalue weighted by atomic mass is 10.2. The first-order valence-corrected chi connectivity index (χ1v) is 5.00. The van der Waals surface area contributed by atoms with Gasteiger partial charge in [0.2, 0.25) is 0 Å². The van der Waals surface area contributed by atoms with Crippen LogP contribution in [0.2, 0.25) is 0 Å². The Balaban J connectivity index is 2.43. The van der Waals surface area contributed by atoms with Gasteiger partial charge in [0.1, 0.15) is 0 Å².